The topological polar surface area (TPSA) is 78.2 Å². The number of aryl methyl sites for hydroxylation is 1. The number of anilines is 1. The summed E-state index contributed by atoms with van der Waals surface area (Å²) in [4.78, 5) is 23.2. The molecule has 0 bridgehead atoms. The third kappa shape index (κ3) is 5.35. The van der Waals surface area contributed by atoms with Gasteiger partial charge in [-0.1, -0.05) is 0 Å². The molecule has 0 radical (unpaired) electrons. The van der Waals surface area contributed by atoms with Crippen molar-refractivity contribution in [3.05, 3.63) is 12.4 Å². The van der Waals surface area contributed by atoms with Crippen molar-refractivity contribution >= 4 is 41.5 Å². The number of halogens is 1. The van der Waals surface area contributed by atoms with Crippen LogP contribution < -0.4 is 10.2 Å². The molecule has 3 heterocycles. The lowest BCUT2D eigenvalue weighted by molar-refractivity contribution is -0.120. The maximum Gasteiger partial charge on any atom is 0.246 e. The SMILES string of the molecule is CN=C(NCCN1CCOCC1(C)C)N1CCN(c2cnn(C)c2)C(=O)C1.I. The average molecular weight is 505 g/mol. The van der Waals surface area contributed by atoms with E-state index in [0.29, 0.717) is 13.1 Å². The van der Waals surface area contributed by atoms with Crippen LogP contribution in [0.2, 0.25) is 0 Å². The standard InChI is InChI=1S/C18H31N7O2.HI/c1-18(2)14-27-10-9-24(18)6-5-20-17(19-3)23-7-8-25(16(26)13-23)15-11-21-22(4)12-15;/h11-12H,5-10,13-14H2,1-4H3,(H,19,20);1H. The average Bonchev–Trinajstić information content (AvgIpc) is 3.06. The molecule has 0 aliphatic carbocycles. The monoisotopic (exact) mass is 505 g/mol. The third-order valence-electron chi connectivity index (χ3n) is 5.22. The van der Waals surface area contributed by atoms with Gasteiger partial charge in [0.05, 0.1) is 25.1 Å². The molecule has 0 atom stereocenters. The molecule has 0 unspecified atom stereocenters. The predicted molar refractivity (Wildman–Crippen MR) is 120 cm³/mol. The van der Waals surface area contributed by atoms with Crippen LogP contribution >= 0.6 is 24.0 Å². The first-order chi connectivity index (χ1) is 12.9. The molecule has 1 amide bonds. The summed E-state index contributed by atoms with van der Waals surface area (Å²) in [6, 6.07) is 0. The van der Waals surface area contributed by atoms with Crippen molar-refractivity contribution < 1.29 is 9.53 Å². The van der Waals surface area contributed by atoms with Gasteiger partial charge in [0.1, 0.15) is 6.54 Å². The molecule has 2 aliphatic heterocycles. The molecule has 1 aromatic heterocycles. The lowest BCUT2D eigenvalue weighted by Gasteiger charge is -2.42. The zero-order chi connectivity index (χ0) is 19.4. The van der Waals surface area contributed by atoms with Crippen LogP contribution in [0.4, 0.5) is 5.69 Å². The maximum atomic E-state index is 12.6. The van der Waals surface area contributed by atoms with Crippen molar-refractivity contribution in [2.75, 3.05) is 64.4 Å². The summed E-state index contributed by atoms with van der Waals surface area (Å²) in [6.45, 7) is 10.3. The van der Waals surface area contributed by atoms with Gasteiger partial charge in [-0.3, -0.25) is 19.4 Å². The number of aromatic nitrogens is 2. The lowest BCUT2D eigenvalue weighted by Crippen LogP contribution is -2.57. The summed E-state index contributed by atoms with van der Waals surface area (Å²) in [5.74, 6) is 0.840. The van der Waals surface area contributed by atoms with E-state index in [4.69, 9.17) is 4.74 Å². The molecule has 9 nitrogen and oxygen atoms in total. The van der Waals surface area contributed by atoms with Crippen LogP contribution in [-0.4, -0.2) is 96.5 Å². The Hall–Kier alpha value is -1.40. The van der Waals surface area contributed by atoms with Gasteiger partial charge < -0.3 is 19.9 Å². The van der Waals surface area contributed by atoms with Gasteiger partial charge in [-0.25, -0.2) is 0 Å². The number of hydrogen-bond donors (Lipinski definition) is 1. The fourth-order valence-electron chi connectivity index (χ4n) is 3.61. The van der Waals surface area contributed by atoms with E-state index in [9.17, 15) is 4.79 Å². The first-order valence-electron chi connectivity index (χ1n) is 9.48. The Kier molecular flexibility index (Phi) is 8.07. The molecule has 0 aromatic carbocycles. The highest BCUT2D eigenvalue weighted by molar-refractivity contribution is 14.0. The number of hydrogen-bond acceptors (Lipinski definition) is 5. The first kappa shape index (κ1) is 22.9. The van der Waals surface area contributed by atoms with E-state index in [1.165, 1.54) is 0 Å². The summed E-state index contributed by atoms with van der Waals surface area (Å²) < 4.78 is 7.29. The van der Waals surface area contributed by atoms with Crippen molar-refractivity contribution in [2.45, 2.75) is 19.4 Å². The van der Waals surface area contributed by atoms with Crippen molar-refractivity contribution in [3.8, 4) is 0 Å². The number of nitrogens with one attached hydrogen (secondary N) is 1. The number of morpholine rings is 1. The summed E-state index contributed by atoms with van der Waals surface area (Å²) in [5, 5.41) is 7.56. The van der Waals surface area contributed by atoms with Gasteiger partial charge in [0.25, 0.3) is 0 Å². The molecule has 0 spiro atoms. The number of piperazine rings is 1. The van der Waals surface area contributed by atoms with E-state index in [1.807, 2.05) is 18.1 Å². The van der Waals surface area contributed by atoms with E-state index >= 15 is 0 Å². The number of ether oxygens (including phenoxy) is 1. The Morgan fingerprint density at radius 3 is 2.75 bits per heavy atom. The highest BCUT2D eigenvalue weighted by Crippen LogP contribution is 2.18. The molecule has 2 fully saturated rings. The molecule has 1 aromatic rings. The zero-order valence-corrected chi connectivity index (χ0v) is 19.5. The van der Waals surface area contributed by atoms with Crippen molar-refractivity contribution in [1.29, 1.82) is 0 Å². The minimum Gasteiger partial charge on any atom is -0.378 e. The Bertz CT molecular complexity index is 691. The normalized spacial score (nSPS) is 20.9. The lowest BCUT2D eigenvalue weighted by atomic mass is 10.0. The maximum absolute atomic E-state index is 12.6. The molecule has 1 N–H and O–H groups in total. The Balaban J connectivity index is 0.00000280. The first-order valence-corrected chi connectivity index (χ1v) is 9.48. The van der Waals surface area contributed by atoms with Crippen LogP contribution in [0.3, 0.4) is 0 Å². The van der Waals surface area contributed by atoms with Gasteiger partial charge in [-0.15, -0.1) is 24.0 Å². The largest absolute Gasteiger partial charge is 0.378 e. The van der Waals surface area contributed by atoms with E-state index in [1.54, 1.807) is 22.8 Å². The third-order valence-corrected chi connectivity index (χ3v) is 5.22. The number of carbonyl (C=O) groups excluding carboxylic acids is 1. The number of guanidine groups is 1. The second-order valence-electron chi connectivity index (χ2n) is 7.67. The number of rotatable bonds is 4. The quantitative estimate of drug-likeness (QED) is 0.362. The van der Waals surface area contributed by atoms with Crippen molar-refractivity contribution in [1.82, 2.24) is 24.9 Å². The summed E-state index contributed by atoms with van der Waals surface area (Å²) in [7, 11) is 3.62. The number of carbonyl (C=O) groups is 1. The summed E-state index contributed by atoms with van der Waals surface area (Å²) in [6.07, 6.45) is 3.59. The Labute approximate surface area is 184 Å². The Morgan fingerprint density at radius 2 is 2.14 bits per heavy atom. The molecular formula is C18H32IN7O2. The highest BCUT2D eigenvalue weighted by atomic mass is 127. The molecule has 2 aliphatic rings. The molecular weight excluding hydrogens is 473 g/mol. The van der Waals surface area contributed by atoms with E-state index in [2.05, 4.69) is 34.2 Å². The smallest absolute Gasteiger partial charge is 0.246 e. The molecule has 0 saturated carbocycles. The second kappa shape index (κ2) is 9.88. The van der Waals surface area contributed by atoms with Gasteiger partial charge in [-0.05, 0) is 13.8 Å². The van der Waals surface area contributed by atoms with Gasteiger partial charge >= 0.3 is 0 Å². The minimum atomic E-state index is 0. The minimum absolute atomic E-state index is 0. The predicted octanol–water partition coefficient (Wildman–Crippen LogP) is 0.373. The zero-order valence-electron chi connectivity index (χ0n) is 17.2. The van der Waals surface area contributed by atoms with Crippen LogP contribution in [-0.2, 0) is 16.6 Å². The van der Waals surface area contributed by atoms with E-state index in [0.717, 1.165) is 51.0 Å². The second-order valence-corrected chi connectivity index (χ2v) is 7.67. The molecule has 10 heteroatoms. The van der Waals surface area contributed by atoms with Crippen molar-refractivity contribution in [3.63, 3.8) is 0 Å². The number of nitrogens with zero attached hydrogens (tertiary/aromatic N) is 6. The number of amides is 1. The van der Waals surface area contributed by atoms with Gasteiger partial charge in [0.2, 0.25) is 5.91 Å². The Morgan fingerprint density at radius 1 is 1.36 bits per heavy atom. The summed E-state index contributed by atoms with van der Waals surface area (Å²) in [5.41, 5.74) is 0.897. The van der Waals surface area contributed by atoms with Crippen LogP contribution in [0.5, 0.6) is 0 Å². The van der Waals surface area contributed by atoms with Crippen LogP contribution in [0.25, 0.3) is 0 Å². The molecule has 28 heavy (non-hydrogen) atoms. The van der Waals surface area contributed by atoms with Gasteiger partial charge in [-0.2, -0.15) is 5.10 Å². The summed E-state index contributed by atoms with van der Waals surface area (Å²) >= 11 is 0. The fourth-order valence-corrected chi connectivity index (χ4v) is 3.61. The van der Waals surface area contributed by atoms with Crippen LogP contribution in [0.15, 0.2) is 17.4 Å². The molecule has 158 valence electrons. The fraction of sp³-hybridized carbons (Fsp3) is 0.722. The van der Waals surface area contributed by atoms with Gasteiger partial charge in [0, 0.05) is 58.6 Å². The van der Waals surface area contributed by atoms with Crippen molar-refractivity contribution in [2.24, 2.45) is 12.0 Å². The van der Waals surface area contributed by atoms with Crippen LogP contribution in [0.1, 0.15) is 13.8 Å². The van der Waals surface area contributed by atoms with E-state index in [-0.39, 0.29) is 35.4 Å². The highest BCUT2D eigenvalue weighted by Gasteiger charge is 2.31. The molecule has 2 saturated heterocycles. The number of aliphatic imine (C=N–C) groups is 1. The van der Waals surface area contributed by atoms with E-state index < -0.39 is 0 Å². The van der Waals surface area contributed by atoms with Gasteiger partial charge in [0.15, 0.2) is 5.96 Å². The van der Waals surface area contributed by atoms with Crippen LogP contribution in [0, 0.1) is 0 Å². The molecule has 3 rings (SSSR count).